The normalized spacial score (nSPS) is 10.8. The van der Waals surface area contributed by atoms with Gasteiger partial charge in [0.2, 0.25) is 5.91 Å². The maximum absolute atomic E-state index is 12.9. The molecule has 0 bridgehead atoms. The van der Waals surface area contributed by atoms with E-state index in [1.165, 1.54) is 18.2 Å². The summed E-state index contributed by atoms with van der Waals surface area (Å²) in [5.74, 6) is -0.538. The third-order valence-electron chi connectivity index (χ3n) is 2.91. The summed E-state index contributed by atoms with van der Waals surface area (Å²) in [7, 11) is 3.64. The SMILES string of the molecule is COCCN(C)CCCC(=O)Nc1ccc(F)cc1N. The minimum absolute atomic E-state index is 0.122. The molecule has 0 aliphatic heterocycles. The predicted molar refractivity (Wildman–Crippen MR) is 78.0 cm³/mol. The zero-order valence-electron chi connectivity index (χ0n) is 12.0. The summed E-state index contributed by atoms with van der Waals surface area (Å²) in [5, 5.41) is 2.68. The van der Waals surface area contributed by atoms with Gasteiger partial charge in [-0.2, -0.15) is 0 Å². The number of benzene rings is 1. The number of nitrogens with one attached hydrogen (secondary N) is 1. The van der Waals surface area contributed by atoms with Crippen LogP contribution in [-0.4, -0.2) is 44.7 Å². The summed E-state index contributed by atoms with van der Waals surface area (Å²) in [4.78, 5) is 13.8. The molecule has 1 aromatic rings. The molecule has 0 fully saturated rings. The molecule has 20 heavy (non-hydrogen) atoms. The quantitative estimate of drug-likeness (QED) is 0.713. The second kappa shape index (κ2) is 8.50. The van der Waals surface area contributed by atoms with E-state index in [1.54, 1.807) is 7.11 Å². The number of carbonyl (C=O) groups excluding carboxylic acids is 1. The van der Waals surface area contributed by atoms with Crippen LogP contribution in [0.15, 0.2) is 18.2 Å². The van der Waals surface area contributed by atoms with Crippen LogP contribution in [0.25, 0.3) is 0 Å². The number of nitrogens with zero attached hydrogens (tertiary/aromatic N) is 1. The topological polar surface area (TPSA) is 67.6 Å². The number of hydrogen-bond donors (Lipinski definition) is 2. The standard InChI is InChI=1S/C14H22FN3O2/c1-18(8-9-20-2)7-3-4-14(19)17-13-6-5-11(15)10-12(13)16/h5-6,10H,3-4,7-9,16H2,1-2H3,(H,17,19). The predicted octanol–water partition coefficient (Wildman–Crippen LogP) is 1.70. The molecular weight excluding hydrogens is 261 g/mol. The maximum atomic E-state index is 12.9. The van der Waals surface area contributed by atoms with Crippen molar-refractivity contribution >= 4 is 17.3 Å². The number of amides is 1. The van der Waals surface area contributed by atoms with Crippen molar-refractivity contribution in [1.29, 1.82) is 0 Å². The average Bonchev–Trinajstić information content (AvgIpc) is 2.39. The maximum Gasteiger partial charge on any atom is 0.224 e. The Hall–Kier alpha value is -1.66. The van der Waals surface area contributed by atoms with Crippen LogP contribution in [0, 0.1) is 5.82 Å². The van der Waals surface area contributed by atoms with Gasteiger partial charge in [0.05, 0.1) is 18.0 Å². The van der Waals surface area contributed by atoms with Gasteiger partial charge in [0.25, 0.3) is 0 Å². The first-order valence-electron chi connectivity index (χ1n) is 6.55. The minimum atomic E-state index is -0.416. The molecule has 0 spiro atoms. The summed E-state index contributed by atoms with van der Waals surface area (Å²) < 4.78 is 17.8. The number of anilines is 2. The van der Waals surface area contributed by atoms with Gasteiger partial charge in [-0.05, 0) is 38.2 Å². The van der Waals surface area contributed by atoms with Crippen LogP contribution in [0.2, 0.25) is 0 Å². The van der Waals surface area contributed by atoms with Gasteiger partial charge in [-0.25, -0.2) is 4.39 Å². The van der Waals surface area contributed by atoms with Crippen molar-refractivity contribution in [2.24, 2.45) is 0 Å². The molecule has 0 aliphatic carbocycles. The molecule has 3 N–H and O–H groups in total. The smallest absolute Gasteiger partial charge is 0.224 e. The van der Waals surface area contributed by atoms with E-state index in [-0.39, 0.29) is 11.6 Å². The number of carbonyl (C=O) groups is 1. The van der Waals surface area contributed by atoms with Crippen molar-refractivity contribution < 1.29 is 13.9 Å². The van der Waals surface area contributed by atoms with Gasteiger partial charge in [-0.3, -0.25) is 4.79 Å². The lowest BCUT2D eigenvalue weighted by Crippen LogP contribution is -2.25. The summed E-state index contributed by atoms with van der Waals surface area (Å²) in [6.07, 6.45) is 1.14. The number of likely N-dealkylation sites (N-methyl/N-ethyl adjacent to an activating group) is 1. The Morgan fingerprint density at radius 2 is 2.20 bits per heavy atom. The molecule has 0 unspecified atom stereocenters. The monoisotopic (exact) mass is 283 g/mol. The van der Waals surface area contributed by atoms with Crippen molar-refractivity contribution in [3.63, 3.8) is 0 Å². The first kappa shape index (κ1) is 16.4. The van der Waals surface area contributed by atoms with E-state index >= 15 is 0 Å². The van der Waals surface area contributed by atoms with Crippen LogP contribution in [-0.2, 0) is 9.53 Å². The molecular formula is C14H22FN3O2. The number of nitrogens with two attached hydrogens (primary N) is 1. The molecule has 5 nitrogen and oxygen atoms in total. The second-order valence-electron chi connectivity index (χ2n) is 4.68. The highest BCUT2D eigenvalue weighted by atomic mass is 19.1. The molecule has 0 aromatic heterocycles. The van der Waals surface area contributed by atoms with Crippen LogP contribution in [0.3, 0.4) is 0 Å². The first-order valence-corrected chi connectivity index (χ1v) is 6.55. The van der Waals surface area contributed by atoms with E-state index in [0.717, 1.165) is 19.5 Å². The fraction of sp³-hybridized carbons (Fsp3) is 0.500. The highest BCUT2D eigenvalue weighted by Crippen LogP contribution is 2.19. The van der Waals surface area contributed by atoms with Crippen molar-refractivity contribution in [1.82, 2.24) is 4.90 Å². The summed E-state index contributed by atoms with van der Waals surface area (Å²) in [6.45, 7) is 2.33. The highest BCUT2D eigenvalue weighted by molar-refractivity contribution is 5.93. The van der Waals surface area contributed by atoms with Gasteiger partial charge in [-0.15, -0.1) is 0 Å². The van der Waals surface area contributed by atoms with Gasteiger partial charge < -0.3 is 20.7 Å². The summed E-state index contributed by atoms with van der Waals surface area (Å²) in [6, 6.07) is 3.92. The van der Waals surface area contributed by atoms with Gasteiger partial charge in [0, 0.05) is 20.1 Å². The molecule has 6 heteroatoms. The molecule has 1 aromatic carbocycles. The van der Waals surface area contributed by atoms with Crippen molar-refractivity contribution in [3.8, 4) is 0 Å². The van der Waals surface area contributed by atoms with E-state index in [1.807, 2.05) is 7.05 Å². The zero-order valence-corrected chi connectivity index (χ0v) is 12.0. The minimum Gasteiger partial charge on any atom is -0.397 e. The lowest BCUT2D eigenvalue weighted by Gasteiger charge is -2.15. The molecule has 0 heterocycles. The molecule has 0 atom stereocenters. The van der Waals surface area contributed by atoms with Gasteiger partial charge in [0.1, 0.15) is 5.82 Å². The van der Waals surface area contributed by atoms with Crippen LogP contribution in [0.5, 0.6) is 0 Å². The molecule has 0 saturated heterocycles. The molecule has 112 valence electrons. The fourth-order valence-electron chi connectivity index (χ4n) is 1.73. The number of rotatable bonds is 8. The average molecular weight is 283 g/mol. The van der Waals surface area contributed by atoms with Gasteiger partial charge in [0.15, 0.2) is 0 Å². The number of halogens is 1. The van der Waals surface area contributed by atoms with E-state index in [0.29, 0.717) is 18.7 Å². The Morgan fingerprint density at radius 3 is 2.85 bits per heavy atom. The molecule has 1 amide bonds. The Kier molecular flexibility index (Phi) is 6.97. The fourth-order valence-corrected chi connectivity index (χ4v) is 1.73. The Bertz CT molecular complexity index is 440. The second-order valence-corrected chi connectivity index (χ2v) is 4.68. The highest BCUT2D eigenvalue weighted by Gasteiger charge is 2.07. The first-order chi connectivity index (χ1) is 9.52. The van der Waals surface area contributed by atoms with Crippen molar-refractivity contribution in [2.75, 3.05) is 44.9 Å². The Balaban J connectivity index is 2.30. The summed E-state index contributed by atoms with van der Waals surface area (Å²) >= 11 is 0. The summed E-state index contributed by atoms with van der Waals surface area (Å²) in [5.41, 5.74) is 6.30. The molecule has 0 saturated carbocycles. The number of ether oxygens (including phenoxy) is 1. The molecule has 1 rings (SSSR count). The number of nitrogen functional groups attached to an aromatic ring is 1. The number of hydrogen-bond acceptors (Lipinski definition) is 4. The van der Waals surface area contributed by atoms with Gasteiger partial charge in [-0.1, -0.05) is 0 Å². The lowest BCUT2D eigenvalue weighted by molar-refractivity contribution is -0.116. The van der Waals surface area contributed by atoms with Crippen molar-refractivity contribution in [3.05, 3.63) is 24.0 Å². The van der Waals surface area contributed by atoms with Crippen LogP contribution in [0.1, 0.15) is 12.8 Å². The van der Waals surface area contributed by atoms with Crippen LogP contribution in [0.4, 0.5) is 15.8 Å². The lowest BCUT2D eigenvalue weighted by atomic mass is 10.2. The van der Waals surface area contributed by atoms with Crippen molar-refractivity contribution in [2.45, 2.75) is 12.8 Å². The van der Waals surface area contributed by atoms with Crippen LogP contribution >= 0.6 is 0 Å². The Morgan fingerprint density at radius 1 is 1.45 bits per heavy atom. The van der Waals surface area contributed by atoms with Gasteiger partial charge >= 0.3 is 0 Å². The largest absolute Gasteiger partial charge is 0.397 e. The molecule has 0 radical (unpaired) electrons. The number of methoxy groups -OCH3 is 1. The van der Waals surface area contributed by atoms with Crippen LogP contribution < -0.4 is 11.1 Å². The zero-order chi connectivity index (χ0) is 15.0. The van der Waals surface area contributed by atoms with E-state index in [9.17, 15) is 9.18 Å². The third kappa shape index (κ3) is 5.99. The molecule has 0 aliphatic rings. The van der Waals surface area contributed by atoms with E-state index < -0.39 is 5.82 Å². The third-order valence-corrected chi connectivity index (χ3v) is 2.91. The van der Waals surface area contributed by atoms with E-state index in [2.05, 4.69) is 10.2 Å². The van der Waals surface area contributed by atoms with E-state index in [4.69, 9.17) is 10.5 Å². The Labute approximate surface area is 118 Å².